The molecule has 1 heterocycles. The van der Waals surface area contributed by atoms with E-state index in [9.17, 15) is 9.59 Å². The molecule has 0 spiro atoms. The van der Waals surface area contributed by atoms with E-state index < -0.39 is 11.7 Å². The van der Waals surface area contributed by atoms with Crippen molar-refractivity contribution in [1.29, 1.82) is 0 Å². The van der Waals surface area contributed by atoms with Crippen LogP contribution in [0.5, 0.6) is 0 Å². The number of nitrogens with one attached hydrogen (secondary N) is 2. The van der Waals surface area contributed by atoms with Crippen LogP contribution in [0, 0.1) is 0 Å². The fourth-order valence-corrected chi connectivity index (χ4v) is 1.98. The van der Waals surface area contributed by atoms with E-state index in [4.69, 9.17) is 4.74 Å². The fourth-order valence-electron chi connectivity index (χ4n) is 1.98. The number of alkyl carbamates (subject to hydrolysis) is 1. The lowest BCUT2D eigenvalue weighted by Gasteiger charge is -2.19. The molecule has 0 aliphatic heterocycles. The van der Waals surface area contributed by atoms with Crippen LogP contribution < -0.4 is 10.6 Å². The van der Waals surface area contributed by atoms with E-state index in [2.05, 4.69) is 20.7 Å². The number of hydrogen-bond donors (Lipinski definition) is 2. The topological polar surface area (TPSA) is 98.1 Å². The van der Waals surface area contributed by atoms with Crippen LogP contribution in [0.4, 0.5) is 10.7 Å². The minimum atomic E-state index is -0.568. The second-order valence-electron chi connectivity index (χ2n) is 6.48. The highest BCUT2D eigenvalue weighted by Gasteiger charge is 2.16. The Kier molecular flexibility index (Phi) is 6.10. The number of benzene rings is 1. The quantitative estimate of drug-likeness (QED) is 0.836. The largest absolute Gasteiger partial charge is 0.444 e. The molecule has 2 N–H and O–H groups in total. The molecule has 0 saturated heterocycles. The first-order chi connectivity index (χ1) is 11.8. The van der Waals surface area contributed by atoms with Gasteiger partial charge in [-0.1, -0.05) is 30.3 Å². The van der Waals surface area contributed by atoms with E-state index in [0.717, 1.165) is 5.56 Å². The summed E-state index contributed by atoms with van der Waals surface area (Å²) >= 11 is 0. The number of aromatic nitrogens is 3. The van der Waals surface area contributed by atoms with Gasteiger partial charge in [-0.25, -0.2) is 14.5 Å². The molecule has 0 aliphatic carbocycles. The van der Waals surface area contributed by atoms with Crippen molar-refractivity contribution >= 4 is 17.9 Å². The Morgan fingerprint density at radius 2 is 1.92 bits per heavy atom. The third-order valence-corrected chi connectivity index (χ3v) is 3.00. The predicted molar refractivity (Wildman–Crippen MR) is 93.0 cm³/mol. The molecule has 2 rings (SSSR count). The average molecular weight is 345 g/mol. The summed E-state index contributed by atoms with van der Waals surface area (Å²) in [5.74, 6) is -0.0493. The highest BCUT2D eigenvalue weighted by Crippen LogP contribution is 2.06. The zero-order chi connectivity index (χ0) is 18.3. The van der Waals surface area contributed by atoms with Gasteiger partial charge in [0.15, 0.2) is 0 Å². The Morgan fingerprint density at radius 1 is 1.20 bits per heavy atom. The van der Waals surface area contributed by atoms with Crippen LogP contribution in [0.15, 0.2) is 36.7 Å². The van der Waals surface area contributed by atoms with E-state index in [1.807, 2.05) is 30.3 Å². The van der Waals surface area contributed by atoms with Crippen LogP contribution in [0.3, 0.4) is 0 Å². The molecule has 0 unspecified atom stereocenters. The number of carbonyl (C=O) groups is 2. The highest BCUT2D eigenvalue weighted by molar-refractivity contribution is 5.89. The van der Waals surface area contributed by atoms with Crippen molar-refractivity contribution in [1.82, 2.24) is 20.1 Å². The lowest BCUT2D eigenvalue weighted by molar-refractivity contribution is -0.116. The second kappa shape index (κ2) is 8.27. The minimum absolute atomic E-state index is 0.104. The van der Waals surface area contributed by atoms with Gasteiger partial charge in [0.2, 0.25) is 11.9 Å². The molecule has 8 nitrogen and oxygen atoms in total. The number of anilines is 1. The molecule has 0 radical (unpaired) electrons. The molecule has 134 valence electrons. The summed E-state index contributed by atoms with van der Waals surface area (Å²) in [4.78, 5) is 27.4. The number of rotatable bonds is 6. The minimum Gasteiger partial charge on any atom is -0.444 e. The summed E-state index contributed by atoms with van der Waals surface area (Å²) in [5, 5.41) is 9.32. The van der Waals surface area contributed by atoms with Gasteiger partial charge in [0.05, 0.1) is 6.54 Å². The molecular formula is C17H23N5O3. The third kappa shape index (κ3) is 7.03. The van der Waals surface area contributed by atoms with E-state index in [0.29, 0.717) is 6.54 Å². The van der Waals surface area contributed by atoms with Crippen molar-refractivity contribution in [3.05, 3.63) is 42.2 Å². The molecule has 25 heavy (non-hydrogen) atoms. The first kappa shape index (κ1) is 18.4. The lowest BCUT2D eigenvalue weighted by atomic mass is 10.2. The Labute approximate surface area is 146 Å². The molecule has 1 aromatic heterocycles. The van der Waals surface area contributed by atoms with Gasteiger partial charge in [-0.2, -0.15) is 0 Å². The van der Waals surface area contributed by atoms with E-state index in [-0.39, 0.29) is 24.8 Å². The monoisotopic (exact) mass is 345 g/mol. The standard InChI is InChI=1S/C17H23N5O3/c1-17(2,3)25-16(24)18-10-9-14(23)20-15-19-12-22(21-15)11-13-7-5-4-6-8-13/h4-8,12H,9-11H2,1-3H3,(H,18,24)(H,20,21,23). The summed E-state index contributed by atoms with van der Waals surface area (Å²) in [7, 11) is 0. The Hall–Kier alpha value is -2.90. The first-order valence-corrected chi connectivity index (χ1v) is 8.02. The highest BCUT2D eigenvalue weighted by atomic mass is 16.6. The average Bonchev–Trinajstić information content (AvgIpc) is 2.93. The molecule has 0 fully saturated rings. The zero-order valence-corrected chi connectivity index (χ0v) is 14.7. The van der Waals surface area contributed by atoms with Crippen molar-refractivity contribution in [3.8, 4) is 0 Å². The van der Waals surface area contributed by atoms with Gasteiger partial charge < -0.3 is 10.1 Å². The van der Waals surface area contributed by atoms with Crippen molar-refractivity contribution in [2.75, 3.05) is 11.9 Å². The fraction of sp³-hybridized carbons (Fsp3) is 0.412. The smallest absolute Gasteiger partial charge is 0.407 e. The van der Waals surface area contributed by atoms with Crippen molar-refractivity contribution < 1.29 is 14.3 Å². The second-order valence-corrected chi connectivity index (χ2v) is 6.48. The van der Waals surface area contributed by atoms with E-state index in [1.54, 1.807) is 31.8 Å². The van der Waals surface area contributed by atoms with Gasteiger partial charge in [0.25, 0.3) is 0 Å². The summed E-state index contributed by atoms with van der Waals surface area (Å²) in [6.45, 7) is 6.07. The number of hydrogen-bond acceptors (Lipinski definition) is 5. The molecule has 0 atom stereocenters. The van der Waals surface area contributed by atoms with E-state index >= 15 is 0 Å². The van der Waals surface area contributed by atoms with Crippen molar-refractivity contribution in [3.63, 3.8) is 0 Å². The Balaban J connectivity index is 1.73. The van der Waals surface area contributed by atoms with Gasteiger partial charge in [-0.3, -0.25) is 10.1 Å². The number of nitrogens with zero attached hydrogens (tertiary/aromatic N) is 3. The number of amides is 2. The van der Waals surface area contributed by atoms with Gasteiger partial charge in [0, 0.05) is 13.0 Å². The Morgan fingerprint density at radius 3 is 2.60 bits per heavy atom. The maximum Gasteiger partial charge on any atom is 0.407 e. The number of carbonyl (C=O) groups excluding carboxylic acids is 2. The molecule has 2 aromatic rings. The van der Waals surface area contributed by atoms with Gasteiger partial charge in [-0.15, -0.1) is 5.10 Å². The summed E-state index contributed by atoms with van der Waals surface area (Å²) in [6.07, 6.45) is 1.11. The summed E-state index contributed by atoms with van der Waals surface area (Å²) in [6, 6.07) is 9.82. The number of ether oxygens (including phenoxy) is 1. The van der Waals surface area contributed by atoms with E-state index in [1.165, 1.54) is 0 Å². The van der Waals surface area contributed by atoms with Crippen molar-refractivity contribution in [2.24, 2.45) is 0 Å². The van der Waals surface area contributed by atoms with Crippen LogP contribution in [0.1, 0.15) is 32.8 Å². The Bertz CT molecular complexity index is 707. The summed E-state index contributed by atoms with van der Waals surface area (Å²) < 4.78 is 6.73. The van der Waals surface area contributed by atoms with Crippen LogP contribution >= 0.6 is 0 Å². The van der Waals surface area contributed by atoms with Crippen LogP contribution in [-0.4, -0.2) is 38.9 Å². The maximum absolute atomic E-state index is 11.9. The zero-order valence-electron chi connectivity index (χ0n) is 14.7. The van der Waals surface area contributed by atoms with Crippen LogP contribution in [0.2, 0.25) is 0 Å². The van der Waals surface area contributed by atoms with Gasteiger partial charge in [0.1, 0.15) is 11.9 Å². The lowest BCUT2D eigenvalue weighted by Crippen LogP contribution is -2.34. The third-order valence-electron chi connectivity index (χ3n) is 3.00. The first-order valence-electron chi connectivity index (χ1n) is 8.02. The molecular weight excluding hydrogens is 322 g/mol. The molecule has 0 bridgehead atoms. The van der Waals surface area contributed by atoms with Crippen LogP contribution in [0.25, 0.3) is 0 Å². The normalized spacial score (nSPS) is 11.0. The maximum atomic E-state index is 11.9. The SMILES string of the molecule is CC(C)(C)OC(=O)NCCC(=O)Nc1ncn(Cc2ccccc2)n1. The predicted octanol–water partition coefficient (Wildman–Crippen LogP) is 2.18. The van der Waals surface area contributed by atoms with Gasteiger partial charge in [-0.05, 0) is 26.3 Å². The van der Waals surface area contributed by atoms with Crippen molar-refractivity contribution in [2.45, 2.75) is 39.3 Å². The molecule has 1 aromatic carbocycles. The molecule has 2 amide bonds. The summed E-state index contributed by atoms with van der Waals surface area (Å²) in [5.41, 5.74) is 0.522. The van der Waals surface area contributed by atoms with Crippen LogP contribution in [-0.2, 0) is 16.1 Å². The van der Waals surface area contributed by atoms with Gasteiger partial charge >= 0.3 is 6.09 Å². The molecule has 8 heteroatoms. The molecule has 0 aliphatic rings. The molecule has 0 saturated carbocycles.